The molecule has 1 amide bonds. The molecule has 21 heavy (non-hydrogen) atoms. The second kappa shape index (κ2) is 8.24. The summed E-state index contributed by atoms with van der Waals surface area (Å²) in [6.07, 6.45) is 0. The van der Waals surface area contributed by atoms with Crippen LogP contribution >= 0.6 is 35.8 Å². The number of thioether (sulfide) groups is 1. The lowest BCUT2D eigenvalue weighted by Crippen LogP contribution is -2.43. The predicted molar refractivity (Wildman–Crippen MR) is 88.0 cm³/mol. The van der Waals surface area contributed by atoms with Crippen LogP contribution in [0.15, 0.2) is 29.2 Å². The molecule has 1 atom stereocenters. The molecule has 1 aromatic carbocycles. The zero-order valence-electron chi connectivity index (χ0n) is 11.0. The molecule has 1 aromatic rings. The highest BCUT2D eigenvalue weighted by atomic mass is 35.5. The van der Waals surface area contributed by atoms with Gasteiger partial charge in [0.1, 0.15) is 0 Å². The van der Waals surface area contributed by atoms with E-state index in [0.29, 0.717) is 5.02 Å². The Morgan fingerprint density at radius 1 is 1.38 bits per heavy atom. The number of hydrogen-bond donors (Lipinski definition) is 2. The summed E-state index contributed by atoms with van der Waals surface area (Å²) >= 11 is 7.36. The van der Waals surface area contributed by atoms with Gasteiger partial charge in [-0.05, 0) is 24.3 Å². The quantitative estimate of drug-likeness (QED) is 0.817. The van der Waals surface area contributed by atoms with Gasteiger partial charge in [-0.1, -0.05) is 11.6 Å². The molecule has 0 bridgehead atoms. The zero-order chi connectivity index (χ0) is 14.6. The first-order valence-electron chi connectivity index (χ1n) is 6.06. The van der Waals surface area contributed by atoms with E-state index in [0.717, 1.165) is 11.6 Å². The number of rotatable bonds is 5. The molecule has 5 nitrogen and oxygen atoms in total. The minimum Gasteiger partial charge on any atom is -0.354 e. The van der Waals surface area contributed by atoms with Crippen LogP contribution in [0, 0.1) is 0 Å². The molecule has 2 rings (SSSR count). The van der Waals surface area contributed by atoms with Gasteiger partial charge in [0.2, 0.25) is 5.91 Å². The van der Waals surface area contributed by atoms with Gasteiger partial charge in [-0.15, -0.1) is 24.2 Å². The van der Waals surface area contributed by atoms with Gasteiger partial charge < -0.3 is 5.32 Å². The Hall–Kier alpha value is -0.470. The van der Waals surface area contributed by atoms with Crippen molar-refractivity contribution in [2.45, 2.75) is 10.9 Å². The fourth-order valence-electron chi connectivity index (χ4n) is 1.76. The Morgan fingerprint density at radius 3 is 2.62 bits per heavy atom. The van der Waals surface area contributed by atoms with E-state index in [1.807, 2.05) is 0 Å². The molecule has 1 heterocycles. The molecule has 1 aliphatic rings. The summed E-state index contributed by atoms with van der Waals surface area (Å²) in [5.74, 6) is 1.19. The second-order valence-electron chi connectivity index (χ2n) is 4.34. The van der Waals surface area contributed by atoms with Crippen molar-refractivity contribution in [1.82, 2.24) is 10.6 Å². The lowest BCUT2D eigenvalue weighted by atomic mass is 10.3. The van der Waals surface area contributed by atoms with E-state index < -0.39 is 9.84 Å². The Kier molecular flexibility index (Phi) is 7.29. The van der Waals surface area contributed by atoms with Crippen molar-refractivity contribution in [3.8, 4) is 0 Å². The van der Waals surface area contributed by atoms with Crippen LogP contribution in [0.4, 0.5) is 0 Å². The van der Waals surface area contributed by atoms with Gasteiger partial charge in [0.05, 0.1) is 16.7 Å². The fraction of sp³-hybridized carbons (Fsp3) is 0.417. The topological polar surface area (TPSA) is 75.3 Å². The van der Waals surface area contributed by atoms with Crippen LogP contribution in [0.5, 0.6) is 0 Å². The monoisotopic (exact) mass is 370 g/mol. The molecule has 1 unspecified atom stereocenters. The first-order valence-corrected chi connectivity index (χ1v) is 9.25. The van der Waals surface area contributed by atoms with E-state index in [4.69, 9.17) is 11.6 Å². The molecule has 1 fully saturated rings. The fourth-order valence-corrected chi connectivity index (χ4v) is 3.98. The van der Waals surface area contributed by atoms with Crippen molar-refractivity contribution >= 4 is 51.5 Å². The van der Waals surface area contributed by atoms with Gasteiger partial charge in [-0.25, -0.2) is 8.42 Å². The van der Waals surface area contributed by atoms with Gasteiger partial charge in [0.25, 0.3) is 0 Å². The van der Waals surface area contributed by atoms with Crippen LogP contribution in [0.25, 0.3) is 0 Å². The normalized spacial score (nSPS) is 18.0. The van der Waals surface area contributed by atoms with Crippen LogP contribution in [-0.4, -0.2) is 44.3 Å². The summed E-state index contributed by atoms with van der Waals surface area (Å²) in [6, 6.07) is 5.78. The van der Waals surface area contributed by atoms with Gasteiger partial charge in [-0.2, -0.15) is 0 Å². The van der Waals surface area contributed by atoms with E-state index in [9.17, 15) is 13.2 Å². The highest BCUT2D eigenvalue weighted by Crippen LogP contribution is 2.15. The number of sulfone groups is 1. The number of hydrogen-bond acceptors (Lipinski definition) is 5. The number of nitrogens with one attached hydrogen (secondary N) is 2. The largest absolute Gasteiger partial charge is 0.354 e. The van der Waals surface area contributed by atoms with Crippen LogP contribution in [-0.2, 0) is 14.6 Å². The number of amides is 1. The molecule has 0 aromatic heterocycles. The van der Waals surface area contributed by atoms with Crippen molar-refractivity contribution in [3.63, 3.8) is 0 Å². The predicted octanol–water partition coefficient (Wildman–Crippen LogP) is 1.31. The number of halogens is 2. The highest BCUT2D eigenvalue weighted by molar-refractivity contribution is 7.99. The number of benzene rings is 1. The molecule has 0 saturated carbocycles. The Bertz CT molecular complexity index is 573. The maximum atomic E-state index is 12.0. The van der Waals surface area contributed by atoms with Gasteiger partial charge >= 0.3 is 0 Å². The molecule has 118 valence electrons. The molecule has 1 aliphatic heterocycles. The van der Waals surface area contributed by atoms with Crippen LogP contribution < -0.4 is 10.6 Å². The average Bonchev–Trinajstić information content (AvgIpc) is 2.93. The maximum absolute atomic E-state index is 12.0. The Balaban J connectivity index is 0.00000220. The molecule has 9 heteroatoms. The third-order valence-electron chi connectivity index (χ3n) is 2.88. The van der Waals surface area contributed by atoms with Gasteiger partial charge in [-0.3, -0.25) is 10.1 Å². The summed E-state index contributed by atoms with van der Waals surface area (Å²) in [6.45, 7) is 0.104. The van der Waals surface area contributed by atoms with Crippen LogP contribution in [0.1, 0.15) is 0 Å². The first-order chi connectivity index (χ1) is 9.49. The molecular weight excluding hydrogens is 355 g/mol. The average molecular weight is 371 g/mol. The minimum atomic E-state index is -3.40. The smallest absolute Gasteiger partial charge is 0.238 e. The molecular formula is C12H16Cl2N2O3S2. The maximum Gasteiger partial charge on any atom is 0.238 e. The van der Waals surface area contributed by atoms with Crippen molar-refractivity contribution in [2.24, 2.45) is 0 Å². The van der Waals surface area contributed by atoms with E-state index in [1.54, 1.807) is 11.8 Å². The summed E-state index contributed by atoms with van der Waals surface area (Å²) in [5, 5.41) is 6.16. The molecule has 1 saturated heterocycles. The Labute approximate surface area is 139 Å². The summed E-state index contributed by atoms with van der Waals surface area (Å²) in [4.78, 5) is 11.9. The summed E-state index contributed by atoms with van der Waals surface area (Å²) in [5.41, 5.74) is 0. The number of carbonyl (C=O) groups excluding carboxylic acids is 1. The molecule has 0 radical (unpaired) electrons. The van der Waals surface area contributed by atoms with Crippen LogP contribution in [0.2, 0.25) is 5.02 Å². The standard InChI is InChI=1S/C12H15ClN2O3S2.ClH/c13-9-1-3-10(4-2-9)20(17,18)6-5-14-12(16)11-7-19-8-15-11;/h1-4,11,15H,5-8H2,(H,14,16);1H. The van der Waals surface area contributed by atoms with E-state index in [1.165, 1.54) is 24.3 Å². The van der Waals surface area contributed by atoms with E-state index in [2.05, 4.69) is 10.6 Å². The highest BCUT2D eigenvalue weighted by Gasteiger charge is 2.22. The Morgan fingerprint density at radius 2 is 2.05 bits per heavy atom. The van der Waals surface area contributed by atoms with Crippen molar-refractivity contribution in [1.29, 1.82) is 0 Å². The molecule has 2 N–H and O–H groups in total. The third-order valence-corrected chi connectivity index (χ3v) is 5.80. The molecule has 0 aliphatic carbocycles. The summed E-state index contributed by atoms with van der Waals surface area (Å²) in [7, 11) is -3.40. The zero-order valence-corrected chi connectivity index (χ0v) is 14.2. The van der Waals surface area contributed by atoms with E-state index >= 15 is 0 Å². The van der Waals surface area contributed by atoms with Crippen molar-refractivity contribution < 1.29 is 13.2 Å². The van der Waals surface area contributed by atoms with E-state index in [-0.39, 0.29) is 41.5 Å². The van der Waals surface area contributed by atoms with Crippen molar-refractivity contribution in [3.05, 3.63) is 29.3 Å². The second-order valence-corrected chi connectivity index (χ2v) is 7.91. The van der Waals surface area contributed by atoms with Crippen LogP contribution in [0.3, 0.4) is 0 Å². The van der Waals surface area contributed by atoms with Gasteiger partial charge in [0.15, 0.2) is 9.84 Å². The first kappa shape index (κ1) is 18.6. The lowest BCUT2D eigenvalue weighted by Gasteiger charge is -2.10. The summed E-state index contributed by atoms with van der Waals surface area (Å²) < 4.78 is 24.1. The minimum absolute atomic E-state index is 0. The number of carbonyl (C=O) groups is 1. The third kappa shape index (κ3) is 5.34. The van der Waals surface area contributed by atoms with Crippen molar-refractivity contribution in [2.75, 3.05) is 23.9 Å². The lowest BCUT2D eigenvalue weighted by molar-refractivity contribution is -0.122. The SMILES string of the molecule is Cl.O=C(NCCS(=O)(=O)c1ccc(Cl)cc1)C1CSCN1. The van der Waals surface area contributed by atoms with Gasteiger partial charge in [0, 0.05) is 23.2 Å². The molecule has 0 spiro atoms.